The number of ether oxygens (including phenoxy) is 3. The summed E-state index contributed by atoms with van der Waals surface area (Å²) >= 11 is 17.9. The van der Waals surface area contributed by atoms with Crippen molar-refractivity contribution in [2.75, 3.05) is 18.5 Å². The fraction of sp³-hybridized carbons (Fsp3) is 0.235. The molecule has 2 aromatic rings. The van der Waals surface area contributed by atoms with Gasteiger partial charge in [-0.3, -0.25) is 4.79 Å². The number of nitrogens with one attached hydrogen (secondary N) is 1. The Hall–Kier alpha value is -1.82. The van der Waals surface area contributed by atoms with Gasteiger partial charge in [0.1, 0.15) is 19.0 Å². The molecular formula is C17H14Cl3NO4. The maximum absolute atomic E-state index is 12.3. The molecule has 2 aromatic carbocycles. The lowest BCUT2D eigenvalue weighted by atomic mass is 10.2. The van der Waals surface area contributed by atoms with Gasteiger partial charge in [0, 0.05) is 17.8 Å². The van der Waals surface area contributed by atoms with Crippen molar-refractivity contribution in [2.24, 2.45) is 0 Å². The molecular weight excluding hydrogens is 389 g/mol. The normalized spacial score (nSPS) is 13.9. The Balaban J connectivity index is 1.68. The SMILES string of the molecule is CC(Oc1cc(Cl)c(Cl)cc1Cl)C(=O)Nc1ccc2c(c1)OCCO2. The zero-order valence-corrected chi connectivity index (χ0v) is 15.4. The van der Waals surface area contributed by atoms with Gasteiger partial charge in [0.15, 0.2) is 17.6 Å². The van der Waals surface area contributed by atoms with Crippen LogP contribution in [0.1, 0.15) is 6.92 Å². The predicted octanol–water partition coefficient (Wildman–Crippen LogP) is 4.82. The highest BCUT2D eigenvalue weighted by atomic mass is 35.5. The number of carbonyl (C=O) groups is 1. The quantitative estimate of drug-likeness (QED) is 0.745. The number of anilines is 1. The second kappa shape index (κ2) is 7.60. The van der Waals surface area contributed by atoms with Crippen molar-refractivity contribution in [3.63, 3.8) is 0 Å². The molecule has 0 bridgehead atoms. The molecule has 25 heavy (non-hydrogen) atoms. The Morgan fingerprint density at radius 3 is 2.48 bits per heavy atom. The van der Waals surface area contributed by atoms with Gasteiger partial charge in [-0.05, 0) is 25.1 Å². The van der Waals surface area contributed by atoms with E-state index >= 15 is 0 Å². The summed E-state index contributed by atoms with van der Waals surface area (Å²) in [7, 11) is 0. The van der Waals surface area contributed by atoms with Crippen molar-refractivity contribution in [1.29, 1.82) is 0 Å². The Morgan fingerprint density at radius 2 is 1.72 bits per heavy atom. The molecule has 1 amide bonds. The summed E-state index contributed by atoms with van der Waals surface area (Å²) in [5.74, 6) is 1.17. The van der Waals surface area contributed by atoms with Gasteiger partial charge in [0.25, 0.3) is 5.91 Å². The summed E-state index contributed by atoms with van der Waals surface area (Å²) in [6.45, 7) is 2.58. The first-order chi connectivity index (χ1) is 11.9. The minimum atomic E-state index is -0.803. The van der Waals surface area contributed by atoms with Crippen LogP contribution in [0.2, 0.25) is 15.1 Å². The van der Waals surface area contributed by atoms with E-state index in [2.05, 4.69) is 5.32 Å². The monoisotopic (exact) mass is 401 g/mol. The molecule has 5 nitrogen and oxygen atoms in total. The van der Waals surface area contributed by atoms with Crippen LogP contribution in [0.25, 0.3) is 0 Å². The lowest BCUT2D eigenvalue weighted by Crippen LogP contribution is -2.30. The van der Waals surface area contributed by atoms with Crippen LogP contribution >= 0.6 is 34.8 Å². The maximum atomic E-state index is 12.3. The van der Waals surface area contributed by atoms with Crippen LogP contribution in [-0.2, 0) is 4.79 Å². The number of halogens is 3. The third kappa shape index (κ3) is 4.24. The average Bonchev–Trinajstić information content (AvgIpc) is 2.59. The molecule has 0 radical (unpaired) electrons. The van der Waals surface area contributed by atoms with E-state index in [1.54, 1.807) is 25.1 Å². The largest absolute Gasteiger partial charge is 0.486 e. The van der Waals surface area contributed by atoms with Crippen LogP contribution in [0, 0.1) is 0 Å². The van der Waals surface area contributed by atoms with E-state index in [9.17, 15) is 4.79 Å². The molecule has 0 aliphatic carbocycles. The predicted molar refractivity (Wildman–Crippen MR) is 97.6 cm³/mol. The fourth-order valence-corrected chi connectivity index (χ4v) is 2.78. The number of rotatable bonds is 4. The third-order valence-corrected chi connectivity index (χ3v) is 4.48. The zero-order chi connectivity index (χ0) is 18.0. The number of carbonyl (C=O) groups excluding carboxylic acids is 1. The number of benzene rings is 2. The first-order valence-corrected chi connectivity index (χ1v) is 8.59. The van der Waals surface area contributed by atoms with E-state index in [1.807, 2.05) is 0 Å². The van der Waals surface area contributed by atoms with Crippen LogP contribution in [-0.4, -0.2) is 25.2 Å². The second-order valence-corrected chi connectivity index (χ2v) is 6.53. The molecule has 1 heterocycles. The highest BCUT2D eigenvalue weighted by Crippen LogP contribution is 2.35. The average molecular weight is 403 g/mol. The molecule has 0 saturated heterocycles. The van der Waals surface area contributed by atoms with Crippen molar-refractivity contribution < 1.29 is 19.0 Å². The highest BCUT2D eigenvalue weighted by molar-refractivity contribution is 6.43. The summed E-state index contributed by atoms with van der Waals surface area (Å²) < 4.78 is 16.5. The molecule has 3 rings (SSSR count). The van der Waals surface area contributed by atoms with Gasteiger partial charge in [0.05, 0.1) is 15.1 Å². The standard InChI is InChI=1S/C17H14Cl3NO4/c1-9(25-15-8-12(19)11(18)7-13(15)20)17(22)21-10-2-3-14-16(6-10)24-5-4-23-14/h2-3,6-9H,4-5H2,1H3,(H,21,22). The first-order valence-electron chi connectivity index (χ1n) is 7.46. The number of hydrogen-bond acceptors (Lipinski definition) is 4. The molecule has 1 aliphatic heterocycles. The van der Waals surface area contributed by atoms with Crippen LogP contribution in [0.3, 0.4) is 0 Å². The molecule has 1 N–H and O–H groups in total. The Morgan fingerprint density at radius 1 is 1.04 bits per heavy atom. The fourth-order valence-electron chi connectivity index (χ4n) is 2.20. The van der Waals surface area contributed by atoms with Gasteiger partial charge in [0.2, 0.25) is 0 Å². The number of hydrogen-bond donors (Lipinski definition) is 1. The molecule has 1 atom stereocenters. The minimum absolute atomic E-state index is 0.272. The van der Waals surface area contributed by atoms with Gasteiger partial charge >= 0.3 is 0 Å². The van der Waals surface area contributed by atoms with Gasteiger partial charge in [-0.2, -0.15) is 0 Å². The Labute approximate surface area is 159 Å². The van der Waals surface area contributed by atoms with Crippen LogP contribution in [0.5, 0.6) is 17.2 Å². The van der Waals surface area contributed by atoms with E-state index < -0.39 is 6.10 Å². The smallest absolute Gasteiger partial charge is 0.265 e. The van der Waals surface area contributed by atoms with E-state index in [0.29, 0.717) is 40.4 Å². The van der Waals surface area contributed by atoms with Gasteiger partial charge in [-0.25, -0.2) is 0 Å². The molecule has 1 unspecified atom stereocenters. The highest BCUT2D eigenvalue weighted by Gasteiger charge is 2.19. The van der Waals surface area contributed by atoms with Crippen LogP contribution < -0.4 is 19.5 Å². The van der Waals surface area contributed by atoms with Crippen molar-refractivity contribution in [2.45, 2.75) is 13.0 Å². The van der Waals surface area contributed by atoms with Crippen molar-refractivity contribution >= 4 is 46.4 Å². The molecule has 0 spiro atoms. The Kier molecular flexibility index (Phi) is 5.47. The van der Waals surface area contributed by atoms with E-state index in [0.717, 1.165) is 0 Å². The Bertz CT molecular complexity index is 813. The molecule has 132 valence electrons. The topological polar surface area (TPSA) is 56.8 Å². The summed E-state index contributed by atoms with van der Waals surface area (Å²) in [5, 5.41) is 3.63. The number of amides is 1. The molecule has 0 aromatic heterocycles. The molecule has 8 heteroatoms. The van der Waals surface area contributed by atoms with Gasteiger partial charge in [-0.15, -0.1) is 0 Å². The lowest BCUT2D eigenvalue weighted by Gasteiger charge is -2.20. The summed E-state index contributed by atoms with van der Waals surface area (Å²) in [4.78, 5) is 12.3. The van der Waals surface area contributed by atoms with E-state index in [1.165, 1.54) is 12.1 Å². The van der Waals surface area contributed by atoms with E-state index in [4.69, 9.17) is 49.0 Å². The molecule has 0 fully saturated rings. The van der Waals surface area contributed by atoms with Crippen molar-refractivity contribution in [3.8, 4) is 17.2 Å². The van der Waals surface area contributed by atoms with Crippen molar-refractivity contribution in [3.05, 3.63) is 45.4 Å². The maximum Gasteiger partial charge on any atom is 0.265 e. The van der Waals surface area contributed by atoms with Crippen LogP contribution in [0.15, 0.2) is 30.3 Å². The molecule has 1 aliphatic rings. The lowest BCUT2D eigenvalue weighted by molar-refractivity contribution is -0.122. The van der Waals surface area contributed by atoms with Crippen LogP contribution in [0.4, 0.5) is 5.69 Å². The summed E-state index contributed by atoms with van der Waals surface area (Å²) in [6.07, 6.45) is -0.803. The molecule has 0 saturated carbocycles. The second-order valence-electron chi connectivity index (χ2n) is 5.30. The minimum Gasteiger partial charge on any atom is -0.486 e. The van der Waals surface area contributed by atoms with E-state index in [-0.39, 0.29) is 16.7 Å². The van der Waals surface area contributed by atoms with Gasteiger partial charge < -0.3 is 19.5 Å². The summed E-state index contributed by atoms with van der Waals surface area (Å²) in [5.41, 5.74) is 0.574. The third-order valence-electron chi connectivity index (χ3n) is 3.46. The first kappa shape index (κ1) is 18.0. The van der Waals surface area contributed by atoms with Gasteiger partial charge in [-0.1, -0.05) is 34.8 Å². The number of fused-ring (bicyclic) bond motifs is 1. The zero-order valence-electron chi connectivity index (χ0n) is 13.1. The summed E-state index contributed by atoms with van der Waals surface area (Å²) in [6, 6.07) is 8.10. The van der Waals surface area contributed by atoms with Crippen molar-refractivity contribution in [1.82, 2.24) is 0 Å².